The minimum Gasteiger partial charge on any atom is -0.406 e. The summed E-state index contributed by atoms with van der Waals surface area (Å²) in [5.74, 6) is -1.15. The molecule has 0 bridgehead atoms. The molecule has 0 unspecified atom stereocenters. The quantitative estimate of drug-likeness (QED) is 0.907. The van der Waals surface area contributed by atoms with E-state index in [-0.39, 0.29) is 11.4 Å². The average Bonchev–Trinajstić information content (AvgIpc) is 2.37. The first-order valence-electron chi connectivity index (χ1n) is 5.56. The zero-order chi connectivity index (χ0) is 15.5. The Hall–Kier alpha value is -2.84. The summed E-state index contributed by atoms with van der Waals surface area (Å²) in [5, 5.41) is 7.90. The maximum Gasteiger partial charge on any atom is 0.573 e. The molecule has 1 heterocycles. The number of hydrogen-bond donors (Lipinski definition) is 2. The Morgan fingerprint density at radius 3 is 2.62 bits per heavy atom. The monoisotopic (exact) mass is 299 g/mol. The van der Waals surface area contributed by atoms with Crippen molar-refractivity contribution in [1.82, 2.24) is 10.2 Å². The van der Waals surface area contributed by atoms with Crippen molar-refractivity contribution in [2.45, 2.75) is 6.36 Å². The van der Waals surface area contributed by atoms with E-state index in [0.717, 1.165) is 18.2 Å². The molecule has 1 amide bonds. The molecule has 2 rings (SSSR count). The van der Waals surface area contributed by atoms with E-state index in [1.54, 1.807) is 0 Å². The number of H-pyrrole nitrogens is 1. The summed E-state index contributed by atoms with van der Waals surface area (Å²) in [7, 11) is 0. The Kier molecular flexibility index (Phi) is 3.92. The highest BCUT2D eigenvalue weighted by Gasteiger charge is 2.31. The van der Waals surface area contributed by atoms with Crippen LogP contribution in [-0.2, 0) is 0 Å². The van der Waals surface area contributed by atoms with Crippen LogP contribution in [0, 0.1) is 0 Å². The van der Waals surface area contributed by atoms with Gasteiger partial charge in [0, 0.05) is 17.8 Å². The minimum atomic E-state index is -4.82. The molecule has 0 saturated carbocycles. The van der Waals surface area contributed by atoms with Crippen LogP contribution in [0.25, 0.3) is 0 Å². The van der Waals surface area contributed by atoms with Gasteiger partial charge in [-0.1, -0.05) is 6.07 Å². The van der Waals surface area contributed by atoms with Gasteiger partial charge in [0.05, 0.1) is 0 Å². The number of halogens is 3. The van der Waals surface area contributed by atoms with Crippen LogP contribution in [0.1, 0.15) is 10.5 Å². The molecular formula is C12H8F3N3O3. The van der Waals surface area contributed by atoms with Crippen LogP contribution in [0.5, 0.6) is 5.75 Å². The molecule has 21 heavy (non-hydrogen) atoms. The molecule has 9 heteroatoms. The Balaban J connectivity index is 2.12. The van der Waals surface area contributed by atoms with Gasteiger partial charge < -0.3 is 10.1 Å². The number of aromatic amines is 1. The lowest BCUT2D eigenvalue weighted by Gasteiger charge is -2.10. The number of benzene rings is 1. The van der Waals surface area contributed by atoms with Crippen molar-refractivity contribution in [2.75, 3.05) is 5.32 Å². The molecular weight excluding hydrogens is 291 g/mol. The second-order valence-corrected chi connectivity index (χ2v) is 3.84. The van der Waals surface area contributed by atoms with Crippen molar-refractivity contribution in [3.05, 3.63) is 52.4 Å². The van der Waals surface area contributed by atoms with E-state index in [1.807, 2.05) is 0 Å². The molecule has 0 aliphatic carbocycles. The lowest BCUT2D eigenvalue weighted by Crippen LogP contribution is -2.18. The van der Waals surface area contributed by atoms with Crippen molar-refractivity contribution < 1.29 is 22.7 Å². The van der Waals surface area contributed by atoms with E-state index in [1.165, 1.54) is 18.2 Å². The SMILES string of the molecule is O=C(Nc1cccc(OC(F)(F)F)c1)c1ccc(=O)[nH]n1. The number of alkyl halides is 3. The number of rotatable bonds is 3. The Morgan fingerprint density at radius 1 is 1.24 bits per heavy atom. The van der Waals surface area contributed by atoms with Gasteiger partial charge in [-0.25, -0.2) is 5.10 Å². The number of aromatic nitrogens is 2. The number of amides is 1. The number of nitrogens with zero attached hydrogens (tertiary/aromatic N) is 1. The van der Waals surface area contributed by atoms with E-state index in [4.69, 9.17) is 0 Å². The smallest absolute Gasteiger partial charge is 0.406 e. The summed E-state index contributed by atoms with van der Waals surface area (Å²) in [6.07, 6.45) is -4.82. The van der Waals surface area contributed by atoms with Crippen LogP contribution in [0.2, 0.25) is 0 Å². The first kappa shape index (κ1) is 14.6. The molecule has 0 atom stereocenters. The molecule has 0 radical (unpaired) electrons. The van der Waals surface area contributed by atoms with E-state index < -0.39 is 23.6 Å². The highest BCUT2D eigenvalue weighted by molar-refractivity contribution is 6.02. The lowest BCUT2D eigenvalue weighted by molar-refractivity contribution is -0.274. The number of carbonyl (C=O) groups excluding carboxylic acids is 1. The molecule has 110 valence electrons. The topological polar surface area (TPSA) is 84.1 Å². The average molecular weight is 299 g/mol. The van der Waals surface area contributed by atoms with Crippen LogP contribution in [0.3, 0.4) is 0 Å². The van der Waals surface area contributed by atoms with Crippen molar-refractivity contribution >= 4 is 11.6 Å². The van der Waals surface area contributed by atoms with Gasteiger partial charge in [0.15, 0.2) is 0 Å². The molecule has 0 fully saturated rings. The van der Waals surface area contributed by atoms with Gasteiger partial charge in [-0.15, -0.1) is 13.2 Å². The van der Waals surface area contributed by atoms with Gasteiger partial charge in [0.25, 0.3) is 11.5 Å². The molecule has 6 nitrogen and oxygen atoms in total. The number of nitrogens with one attached hydrogen (secondary N) is 2. The van der Waals surface area contributed by atoms with E-state index >= 15 is 0 Å². The maximum absolute atomic E-state index is 12.1. The Bertz CT molecular complexity index is 692. The first-order chi connectivity index (χ1) is 9.83. The highest BCUT2D eigenvalue weighted by Crippen LogP contribution is 2.25. The van der Waals surface area contributed by atoms with Crippen LogP contribution in [0.15, 0.2) is 41.2 Å². The second-order valence-electron chi connectivity index (χ2n) is 3.84. The summed E-state index contributed by atoms with van der Waals surface area (Å²) >= 11 is 0. The van der Waals surface area contributed by atoms with Crippen LogP contribution in [0.4, 0.5) is 18.9 Å². The van der Waals surface area contributed by atoms with Gasteiger partial charge >= 0.3 is 6.36 Å². The van der Waals surface area contributed by atoms with Crippen molar-refractivity contribution in [2.24, 2.45) is 0 Å². The fraction of sp³-hybridized carbons (Fsp3) is 0.0833. The number of anilines is 1. The summed E-state index contributed by atoms with van der Waals surface area (Å²) in [6, 6.07) is 7.07. The van der Waals surface area contributed by atoms with Gasteiger partial charge in [-0.3, -0.25) is 9.59 Å². The second kappa shape index (κ2) is 5.65. The third-order valence-corrected chi connectivity index (χ3v) is 2.24. The predicted octanol–water partition coefficient (Wildman–Crippen LogP) is 1.92. The molecule has 0 saturated heterocycles. The molecule has 0 spiro atoms. The molecule has 2 N–H and O–H groups in total. The Labute approximate surface area is 115 Å². The summed E-state index contributed by atoms with van der Waals surface area (Å²) < 4.78 is 40.0. The summed E-state index contributed by atoms with van der Waals surface area (Å²) in [5.41, 5.74) is -0.474. The van der Waals surface area contributed by atoms with Gasteiger partial charge in [-0.05, 0) is 18.2 Å². The maximum atomic E-state index is 12.1. The summed E-state index contributed by atoms with van der Waals surface area (Å²) in [4.78, 5) is 22.6. The molecule has 2 aromatic rings. The van der Waals surface area contributed by atoms with Crippen molar-refractivity contribution in [3.63, 3.8) is 0 Å². The van der Waals surface area contributed by atoms with Crippen LogP contribution < -0.4 is 15.6 Å². The van der Waals surface area contributed by atoms with Gasteiger partial charge in [-0.2, -0.15) is 5.10 Å². The number of ether oxygens (including phenoxy) is 1. The molecule has 0 aliphatic rings. The largest absolute Gasteiger partial charge is 0.573 e. The third-order valence-electron chi connectivity index (χ3n) is 2.24. The lowest BCUT2D eigenvalue weighted by atomic mass is 10.3. The Morgan fingerprint density at radius 2 is 2.00 bits per heavy atom. The third kappa shape index (κ3) is 4.34. The van der Waals surface area contributed by atoms with Crippen LogP contribution in [-0.4, -0.2) is 22.5 Å². The number of hydrogen-bond acceptors (Lipinski definition) is 4. The van der Waals surface area contributed by atoms with Crippen LogP contribution >= 0.6 is 0 Å². The van der Waals surface area contributed by atoms with Crippen molar-refractivity contribution in [3.8, 4) is 5.75 Å². The van der Waals surface area contributed by atoms with E-state index in [0.29, 0.717) is 0 Å². The normalized spacial score (nSPS) is 11.0. The summed E-state index contributed by atoms with van der Waals surface area (Å²) in [6.45, 7) is 0. The highest BCUT2D eigenvalue weighted by atomic mass is 19.4. The molecule has 1 aromatic carbocycles. The zero-order valence-electron chi connectivity index (χ0n) is 10.3. The first-order valence-corrected chi connectivity index (χ1v) is 5.56. The fourth-order valence-corrected chi connectivity index (χ4v) is 1.44. The zero-order valence-corrected chi connectivity index (χ0v) is 10.3. The molecule has 0 aliphatic heterocycles. The number of carbonyl (C=O) groups is 1. The standard InChI is InChI=1S/C12H8F3N3O3/c13-12(14,15)21-8-3-1-2-7(6-8)16-11(20)9-4-5-10(19)18-17-9/h1-6H,(H,16,20)(H,18,19). The van der Waals surface area contributed by atoms with E-state index in [2.05, 4.69) is 20.3 Å². The fourth-order valence-electron chi connectivity index (χ4n) is 1.44. The van der Waals surface area contributed by atoms with Gasteiger partial charge in [0.2, 0.25) is 0 Å². The van der Waals surface area contributed by atoms with Crippen molar-refractivity contribution in [1.29, 1.82) is 0 Å². The van der Waals surface area contributed by atoms with E-state index in [9.17, 15) is 22.8 Å². The van der Waals surface area contributed by atoms with Gasteiger partial charge in [0.1, 0.15) is 11.4 Å². The minimum absolute atomic E-state index is 0.0863. The molecule has 1 aromatic heterocycles. The predicted molar refractivity (Wildman–Crippen MR) is 65.9 cm³/mol.